The number of amides is 1. The minimum atomic E-state index is -0.460. The van der Waals surface area contributed by atoms with Crippen molar-refractivity contribution in [1.29, 1.82) is 0 Å². The molecular weight excluding hydrogens is 245 g/mol. The molecule has 0 atom stereocenters. The van der Waals surface area contributed by atoms with E-state index in [2.05, 4.69) is 5.32 Å². The van der Waals surface area contributed by atoms with Crippen molar-refractivity contribution in [2.45, 2.75) is 13.8 Å². The third kappa shape index (κ3) is 2.91. The van der Waals surface area contributed by atoms with Gasteiger partial charge in [-0.25, -0.2) is 4.39 Å². The number of phenolic OH excluding ortho intramolecular Hbond substituents is 1. The van der Waals surface area contributed by atoms with Crippen LogP contribution < -0.4 is 5.32 Å². The van der Waals surface area contributed by atoms with Gasteiger partial charge >= 0.3 is 0 Å². The lowest BCUT2D eigenvalue weighted by atomic mass is 10.1. The van der Waals surface area contributed by atoms with Crippen LogP contribution in [0.3, 0.4) is 0 Å². The summed E-state index contributed by atoms with van der Waals surface area (Å²) >= 11 is 0. The zero-order valence-electron chi connectivity index (χ0n) is 10.7. The van der Waals surface area contributed by atoms with E-state index in [1.807, 2.05) is 6.92 Å². The summed E-state index contributed by atoms with van der Waals surface area (Å²) in [7, 11) is 0. The van der Waals surface area contributed by atoms with E-state index >= 15 is 0 Å². The smallest absolute Gasteiger partial charge is 0.255 e. The maximum atomic E-state index is 13.4. The van der Waals surface area contributed by atoms with Gasteiger partial charge < -0.3 is 10.4 Å². The van der Waals surface area contributed by atoms with Crippen LogP contribution in [0.25, 0.3) is 0 Å². The van der Waals surface area contributed by atoms with Gasteiger partial charge in [-0.15, -0.1) is 0 Å². The number of benzene rings is 2. The average Bonchev–Trinajstić information content (AvgIpc) is 2.36. The first-order chi connectivity index (χ1) is 8.97. The SMILES string of the molecule is Cc1ccc(NC(=O)c2ccc(C)c(F)c2)c(O)c1. The summed E-state index contributed by atoms with van der Waals surface area (Å²) in [4.78, 5) is 11.9. The van der Waals surface area contributed by atoms with Crippen LogP contribution in [0, 0.1) is 19.7 Å². The molecule has 0 aliphatic heterocycles. The van der Waals surface area contributed by atoms with Gasteiger partial charge in [0.25, 0.3) is 5.91 Å². The highest BCUT2D eigenvalue weighted by Crippen LogP contribution is 2.24. The topological polar surface area (TPSA) is 49.3 Å². The van der Waals surface area contributed by atoms with E-state index in [-0.39, 0.29) is 11.3 Å². The highest BCUT2D eigenvalue weighted by molar-refractivity contribution is 6.05. The molecule has 0 unspecified atom stereocenters. The molecule has 0 aliphatic carbocycles. The molecule has 2 rings (SSSR count). The van der Waals surface area contributed by atoms with Crippen LogP contribution in [-0.4, -0.2) is 11.0 Å². The molecule has 1 amide bonds. The van der Waals surface area contributed by atoms with E-state index in [0.29, 0.717) is 11.3 Å². The van der Waals surface area contributed by atoms with Crippen LogP contribution in [0.1, 0.15) is 21.5 Å². The van der Waals surface area contributed by atoms with Crippen LogP contribution in [-0.2, 0) is 0 Å². The minimum Gasteiger partial charge on any atom is -0.506 e. The molecule has 2 N–H and O–H groups in total. The van der Waals surface area contributed by atoms with Crippen LogP contribution in [0.2, 0.25) is 0 Å². The van der Waals surface area contributed by atoms with E-state index in [9.17, 15) is 14.3 Å². The van der Waals surface area contributed by atoms with Crippen LogP contribution in [0.15, 0.2) is 36.4 Å². The summed E-state index contributed by atoms with van der Waals surface area (Å²) in [5.74, 6) is -0.903. The Kier molecular flexibility index (Phi) is 3.51. The molecular formula is C15H14FNO2. The van der Waals surface area contributed by atoms with Crippen molar-refractivity contribution >= 4 is 11.6 Å². The highest BCUT2D eigenvalue weighted by Gasteiger charge is 2.10. The fourth-order valence-electron chi connectivity index (χ4n) is 1.68. The van der Waals surface area contributed by atoms with Crippen molar-refractivity contribution in [3.63, 3.8) is 0 Å². The van der Waals surface area contributed by atoms with Crippen LogP contribution in [0.5, 0.6) is 5.75 Å². The number of phenols is 1. The molecule has 3 nitrogen and oxygen atoms in total. The molecule has 0 saturated carbocycles. The van der Waals surface area contributed by atoms with Crippen molar-refractivity contribution in [3.8, 4) is 5.75 Å². The third-order valence-corrected chi connectivity index (χ3v) is 2.84. The Morgan fingerprint density at radius 1 is 1.16 bits per heavy atom. The summed E-state index contributed by atoms with van der Waals surface area (Å²) in [5, 5.41) is 12.2. The lowest BCUT2D eigenvalue weighted by Gasteiger charge is -2.08. The number of carbonyl (C=O) groups excluding carboxylic acids is 1. The predicted molar refractivity (Wildman–Crippen MR) is 71.9 cm³/mol. The van der Waals surface area contributed by atoms with E-state index in [1.165, 1.54) is 6.07 Å². The summed E-state index contributed by atoms with van der Waals surface area (Å²) < 4.78 is 13.4. The van der Waals surface area contributed by atoms with Gasteiger partial charge in [0, 0.05) is 5.56 Å². The molecule has 2 aromatic rings. The van der Waals surface area contributed by atoms with E-state index < -0.39 is 11.7 Å². The number of carbonyl (C=O) groups is 1. The Hall–Kier alpha value is -2.36. The number of halogens is 1. The molecule has 2 aromatic carbocycles. The fraction of sp³-hybridized carbons (Fsp3) is 0.133. The number of hydrogen-bond acceptors (Lipinski definition) is 2. The first kappa shape index (κ1) is 13.1. The number of aromatic hydroxyl groups is 1. The first-order valence-electron chi connectivity index (χ1n) is 5.84. The van der Waals surface area contributed by atoms with Gasteiger partial charge in [0.15, 0.2) is 0 Å². The van der Waals surface area contributed by atoms with Gasteiger partial charge in [0.2, 0.25) is 0 Å². The van der Waals surface area contributed by atoms with Crippen molar-refractivity contribution in [3.05, 3.63) is 58.9 Å². The maximum absolute atomic E-state index is 13.4. The molecule has 0 spiro atoms. The largest absolute Gasteiger partial charge is 0.506 e. The van der Waals surface area contributed by atoms with Crippen molar-refractivity contribution < 1.29 is 14.3 Å². The number of anilines is 1. The Morgan fingerprint density at radius 2 is 1.89 bits per heavy atom. The predicted octanol–water partition coefficient (Wildman–Crippen LogP) is 3.40. The van der Waals surface area contributed by atoms with Crippen molar-refractivity contribution in [1.82, 2.24) is 0 Å². The molecule has 0 aromatic heterocycles. The summed E-state index contributed by atoms with van der Waals surface area (Å²) in [5.41, 5.74) is 1.88. The van der Waals surface area contributed by atoms with Crippen molar-refractivity contribution in [2.24, 2.45) is 0 Å². The molecule has 0 bridgehead atoms. The van der Waals surface area contributed by atoms with Gasteiger partial charge in [-0.2, -0.15) is 0 Å². The quantitative estimate of drug-likeness (QED) is 0.812. The summed E-state index contributed by atoms with van der Waals surface area (Å²) in [6, 6.07) is 9.18. The normalized spacial score (nSPS) is 10.3. The zero-order valence-corrected chi connectivity index (χ0v) is 10.7. The Labute approximate surface area is 110 Å². The first-order valence-corrected chi connectivity index (χ1v) is 5.84. The number of hydrogen-bond donors (Lipinski definition) is 2. The number of aryl methyl sites for hydroxylation is 2. The Morgan fingerprint density at radius 3 is 2.53 bits per heavy atom. The molecule has 0 aliphatic rings. The third-order valence-electron chi connectivity index (χ3n) is 2.84. The van der Waals surface area contributed by atoms with Gasteiger partial charge in [-0.05, 0) is 49.2 Å². The van der Waals surface area contributed by atoms with E-state index in [0.717, 1.165) is 5.56 Å². The second kappa shape index (κ2) is 5.10. The monoisotopic (exact) mass is 259 g/mol. The molecule has 0 radical (unpaired) electrons. The Balaban J connectivity index is 2.23. The molecule has 0 saturated heterocycles. The molecule has 19 heavy (non-hydrogen) atoms. The molecule has 0 heterocycles. The average molecular weight is 259 g/mol. The summed E-state index contributed by atoms with van der Waals surface area (Å²) in [6.07, 6.45) is 0. The zero-order chi connectivity index (χ0) is 14.0. The van der Waals surface area contributed by atoms with E-state index in [4.69, 9.17) is 0 Å². The van der Waals surface area contributed by atoms with E-state index in [1.54, 1.807) is 37.3 Å². The van der Waals surface area contributed by atoms with Crippen molar-refractivity contribution in [2.75, 3.05) is 5.32 Å². The lowest BCUT2D eigenvalue weighted by molar-refractivity contribution is 0.102. The number of nitrogens with one attached hydrogen (secondary N) is 1. The number of rotatable bonds is 2. The molecule has 4 heteroatoms. The second-order valence-electron chi connectivity index (χ2n) is 4.44. The van der Waals surface area contributed by atoms with Crippen LogP contribution in [0.4, 0.5) is 10.1 Å². The molecule has 0 fully saturated rings. The van der Waals surface area contributed by atoms with Gasteiger partial charge in [-0.1, -0.05) is 12.1 Å². The summed E-state index contributed by atoms with van der Waals surface area (Å²) in [6.45, 7) is 3.46. The van der Waals surface area contributed by atoms with Gasteiger partial charge in [0.05, 0.1) is 5.69 Å². The highest BCUT2D eigenvalue weighted by atomic mass is 19.1. The second-order valence-corrected chi connectivity index (χ2v) is 4.44. The Bertz CT molecular complexity index is 638. The van der Waals surface area contributed by atoms with Gasteiger partial charge in [-0.3, -0.25) is 4.79 Å². The maximum Gasteiger partial charge on any atom is 0.255 e. The standard InChI is InChI=1S/C15H14FNO2/c1-9-3-6-13(14(18)7-9)17-15(19)11-5-4-10(2)12(16)8-11/h3-8,18H,1-2H3,(H,17,19). The van der Waals surface area contributed by atoms with Gasteiger partial charge in [0.1, 0.15) is 11.6 Å². The van der Waals surface area contributed by atoms with Crippen LogP contribution >= 0.6 is 0 Å². The fourth-order valence-corrected chi connectivity index (χ4v) is 1.68. The molecule has 98 valence electrons. The lowest BCUT2D eigenvalue weighted by Crippen LogP contribution is -2.12. The minimum absolute atomic E-state index is 0.0130.